The predicted octanol–water partition coefficient (Wildman–Crippen LogP) is 0.944. The first-order valence-corrected chi connectivity index (χ1v) is 5.36. The second kappa shape index (κ2) is 6.09. The van der Waals surface area contributed by atoms with Crippen molar-refractivity contribution < 1.29 is 33.2 Å². The topological polar surface area (TPSA) is 95.9 Å². The van der Waals surface area contributed by atoms with Crippen LogP contribution < -0.4 is 10.5 Å². The van der Waals surface area contributed by atoms with Gasteiger partial charge in [-0.05, 0) is 24.6 Å². The van der Waals surface area contributed by atoms with Crippen molar-refractivity contribution in [2.24, 2.45) is 0 Å². The van der Waals surface area contributed by atoms with Gasteiger partial charge in [0.05, 0.1) is 6.10 Å². The number of rotatable bonds is 5. The molecule has 0 amide bonds. The molecule has 0 bridgehead atoms. The molecule has 0 aliphatic rings. The number of aliphatic hydroxyl groups excluding tert-OH is 3. The summed E-state index contributed by atoms with van der Waals surface area (Å²) < 4.78 is 40.3. The van der Waals surface area contributed by atoms with Gasteiger partial charge in [0.15, 0.2) is 0 Å². The normalized spacial score (nSPS) is 15.1. The number of nitrogens with two attached hydrogens (primary N) is 1. The van der Waals surface area contributed by atoms with Crippen molar-refractivity contribution in [3.05, 3.63) is 23.8 Å². The second-order valence-corrected chi connectivity index (χ2v) is 3.87. The first-order valence-electron chi connectivity index (χ1n) is 5.36. The standard InChI is InChI=1S/C11H14F3NO4/c12-11(13,14)19-9-2-1-6(15)5-7(9)10(18)8(17)3-4-16/h1-2,5,8,10,16-18H,3-4,15H2. The maximum atomic E-state index is 12.2. The third-order valence-electron chi connectivity index (χ3n) is 2.37. The SMILES string of the molecule is Nc1ccc(OC(F)(F)F)c(C(O)C(O)CCO)c1. The van der Waals surface area contributed by atoms with Gasteiger partial charge in [0.2, 0.25) is 0 Å². The summed E-state index contributed by atoms with van der Waals surface area (Å²) in [7, 11) is 0. The van der Waals surface area contributed by atoms with Crippen LogP contribution in [-0.4, -0.2) is 34.4 Å². The fourth-order valence-electron chi connectivity index (χ4n) is 1.51. The molecule has 19 heavy (non-hydrogen) atoms. The smallest absolute Gasteiger partial charge is 0.405 e. The van der Waals surface area contributed by atoms with E-state index in [2.05, 4.69) is 4.74 Å². The summed E-state index contributed by atoms with van der Waals surface area (Å²) in [6.07, 6.45) is -8.19. The molecule has 0 saturated carbocycles. The minimum Gasteiger partial charge on any atom is -0.405 e. The quantitative estimate of drug-likeness (QED) is 0.602. The Kier molecular flexibility index (Phi) is 4.98. The molecule has 0 aromatic heterocycles. The van der Waals surface area contributed by atoms with E-state index in [4.69, 9.17) is 10.8 Å². The van der Waals surface area contributed by atoms with E-state index >= 15 is 0 Å². The molecule has 0 heterocycles. The number of halogens is 3. The summed E-state index contributed by atoms with van der Waals surface area (Å²) >= 11 is 0. The Bertz CT molecular complexity index is 425. The Balaban J connectivity index is 3.06. The zero-order chi connectivity index (χ0) is 14.6. The average molecular weight is 281 g/mol. The molecule has 0 radical (unpaired) electrons. The molecule has 0 fully saturated rings. The highest BCUT2D eigenvalue weighted by Crippen LogP contribution is 2.33. The van der Waals surface area contributed by atoms with Gasteiger partial charge in [0, 0.05) is 17.9 Å². The molecule has 0 spiro atoms. The van der Waals surface area contributed by atoms with Crippen LogP contribution in [0.15, 0.2) is 18.2 Å². The first kappa shape index (κ1) is 15.5. The lowest BCUT2D eigenvalue weighted by Crippen LogP contribution is -2.23. The van der Waals surface area contributed by atoms with Crippen LogP contribution in [0.2, 0.25) is 0 Å². The van der Waals surface area contributed by atoms with E-state index in [0.29, 0.717) is 0 Å². The molecule has 2 atom stereocenters. The number of alkyl halides is 3. The summed E-state index contributed by atoms with van der Waals surface area (Å²) in [4.78, 5) is 0. The van der Waals surface area contributed by atoms with Crippen LogP contribution in [0.5, 0.6) is 5.75 Å². The Morgan fingerprint density at radius 2 is 1.89 bits per heavy atom. The van der Waals surface area contributed by atoms with E-state index < -0.39 is 30.9 Å². The molecular formula is C11H14F3NO4. The Hall–Kier alpha value is -1.51. The predicted molar refractivity (Wildman–Crippen MR) is 60.2 cm³/mol. The van der Waals surface area contributed by atoms with E-state index in [-0.39, 0.29) is 17.7 Å². The lowest BCUT2D eigenvalue weighted by atomic mass is 10.0. The average Bonchev–Trinajstić information content (AvgIpc) is 2.29. The Morgan fingerprint density at radius 1 is 1.26 bits per heavy atom. The van der Waals surface area contributed by atoms with E-state index in [0.717, 1.165) is 12.1 Å². The van der Waals surface area contributed by atoms with Gasteiger partial charge >= 0.3 is 6.36 Å². The molecule has 2 unspecified atom stereocenters. The van der Waals surface area contributed by atoms with Crippen LogP contribution in [0.3, 0.4) is 0 Å². The highest BCUT2D eigenvalue weighted by Gasteiger charge is 2.33. The number of aliphatic hydroxyl groups is 3. The highest BCUT2D eigenvalue weighted by molar-refractivity contribution is 5.49. The largest absolute Gasteiger partial charge is 0.573 e. The van der Waals surface area contributed by atoms with Gasteiger partial charge in [0.25, 0.3) is 0 Å². The van der Waals surface area contributed by atoms with Crippen LogP contribution in [0.1, 0.15) is 18.1 Å². The van der Waals surface area contributed by atoms with E-state index in [9.17, 15) is 23.4 Å². The molecule has 0 aliphatic carbocycles. The maximum absolute atomic E-state index is 12.2. The molecule has 5 nitrogen and oxygen atoms in total. The van der Waals surface area contributed by atoms with Gasteiger partial charge < -0.3 is 25.8 Å². The lowest BCUT2D eigenvalue weighted by Gasteiger charge is -2.21. The Labute approximate surface area is 107 Å². The maximum Gasteiger partial charge on any atom is 0.573 e. The fraction of sp³-hybridized carbons (Fsp3) is 0.455. The number of hydrogen-bond acceptors (Lipinski definition) is 5. The van der Waals surface area contributed by atoms with Crippen molar-refractivity contribution in [1.29, 1.82) is 0 Å². The van der Waals surface area contributed by atoms with Gasteiger partial charge in [-0.1, -0.05) is 0 Å². The molecule has 5 N–H and O–H groups in total. The van der Waals surface area contributed by atoms with Crippen molar-refractivity contribution >= 4 is 5.69 Å². The number of nitrogen functional groups attached to an aromatic ring is 1. The monoisotopic (exact) mass is 281 g/mol. The second-order valence-electron chi connectivity index (χ2n) is 3.87. The van der Waals surface area contributed by atoms with Gasteiger partial charge in [-0.15, -0.1) is 13.2 Å². The zero-order valence-electron chi connectivity index (χ0n) is 9.76. The zero-order valence-corrected chi connectivity index (χ0v) is 9.76. The van der Waals surface area contributed by atoms with Crippen LogP contribution >= 0.6 is 0 Å². The molecule has 108 valence electrons. The van der Waals surface area contributed by atoms with Gasteiger partial charge in [-0.25, -0.2) is 0 Å². The van der Waals surface area contributed by atoms with Crippen LogP contribution in [0.4, 0.5) is 18.9 Å². The van der Waals surface area contributed by atoms with Crippen molar-refractivity contribution in [2.75, 3.05) is 12.3 Å². The summed E-state index contributed by atoms with van der Waals surface area (Å²) in [5, 5.41) is 27.9. The third kappa shape index (κ3) is 4.58. The van der Waals surface area contributed by atoms with Crippen LogP contribution in [-0.2, 0) is 0 Å². The molecule has 8 heteroatoms. The van der Waals surface area contributed by atoms with Crippen molar-refractivity contribution in [2.45, 2.75) is 25.0 Å². The van der Waals surface area contributed by atoms with E-state index in [1.165, 1.54) is 6.07 Å². The van der Waals surface area contributed by atoms with Crippen LogP contribution in [0.25, 0.3) is 0 Å². The molecule has 0 aliphatic heterocycles. The van der Waals surface area contributed by atoms with E-state index in [1.807, 2.05) is 0 Å². The summed E-state index contributed by atoms with van der Waals surface area (Å²) in [6.45, 7) is -0.421. The summed E-state index contributed by atoms with van der Waals surface area (Å²) in [5.74, 6) is -0.647. The number of anilines is 1. The summed E-state index contributed by atoms with van der Waals surface area (Å²) in [5.41, 5.74) is 5.24. The third-order valence-corrected chi connectivity index (χ3v) is 2.37. The molecule has 0 saturated heterocycles. The van der Waals surface area contributed by atoms with Crippen molar-refractivity contribution in [3.63, 3.8) is 0 Å². The van der Waals surface area contributed by atoms with Gasteiger partial charge in [0.1, 0.15) is 11.9 Å². The Morgan fingerprint density at radius 3 is 2.42 bits per heavy atom. The number of ether oxygens (including phenoxy) is 1. The fourth-order valence-corrected chi connectivity index (χ4v) is 1.51. The minimum absolute atomic E-state index is 0.111. The number of benzene rings is 1. The molecule has 1 aromatic carbocycles. The first-order chi connectivity index (χ1) is 8.74. The van der Waals surface area contributed by atoms with Crippen LogP contribution in [0, 0.1) is 0 Å². The lowest BCUT2D eigenvalue weighted by molar-refractivity contribution is -0.275. The highest BCUT2D eigenvalue weighted by atomic mass is 19.4. The van der Waals surface area contributed by atoms with Gasteiger partial charge in [-0.2, -0.15) is 0 Å². The van der Waals surface area contributed by atoms with Gasteiger partial charge in [-0.3, -0.25) is 0 Å². The molecular weight excluding hydrogens is 267 g/mol. The van der Waals surface area contributed by atoms with E-state index in [1.54, 1.807) is 0 Å². The number of hydrogen-bond donors (Lipinski definition) is 4. The molecule has 1 aromatic rings. The summed E-state index contributed by atoms with van der Waals surface area (Å²) in [6, 6.07) is 3.20. The molecule has 1 rings (SSSR count). The minimum atomic E-state index is -4.92. The van der Waals surface area contributed by atoms with Crippen molar-refractivity contribution in [1.82, 2.24) is 0 Å². The van der Waals surface area contributed by atoms with Crippen molar-refractivity contribution in [3.8, 4) is 5.75 Å².